The lowest BCUT2D eigenvalue weighted by atomic mass is 10.2. The van der Waals surface area contributed by atoms with Gasteiger partial charge in [0.15, 0.2) is 16.1 Å². The van der Waals surface area contributed by atoms with E-state index >= 15 is 0 Å². The van der Waals surface area contributed by atoms with Crippen molar-refractivity contribution in [3.63, 3.8) is 0 Å². The molecule has 2 rings (SSSR count). The molecule has 0 aliphatic carbocycles. The summed E-state index contributed by atoms with van der Waals surface area (Å²) in [6, 6.07) is 7.29. The van der Waals surface area contributed by atoms with Crippen LogP contribution in [0.25, 0.3) is 0 Å². The topological polar surface area (TPSA) is 114 Å². The number of esters is 1. The van der Waals surface area contributed by atoms with Gasteiger partial charge in [-0.3, -0.25) is 4.90 Å². The van der Waals surface area contributed by atoms with E-state index in [4.69, 9.17) is 9.57 Å². The molecule has 184 valence electrons. The van der Waals surface area contributed by atoms with Crippen molar-refractivity contribution in [2.75, 3.05) is 31.9 Å². The van der Waals surface area contributed by atoms with Crippen molar-refractivity contribution in [2.24, 2.45) is 0 Å². The maximum Gasteiger partial charge on any atom is 0.441 e. The Morgan fingerprint density at radius 2 is 1.67 bits per heavy atom. The summed E-state index contributed by atoms with van der Waals surface area (Å²) in [5.74, 6) is -3.64. The van der Waals surface area contributed by atoms with Gasteiger partial charge in [0, 0.05) is 6.04 Å². The van der Waals surface area contributed by atoms with Gasteiger partial charge in [-0.2, -0.15) is 5.06 Å². The minimum atomic E-state index is -3.79. The van der Waals surface area contributed by atoms with Crippen molar-refractivity contribution in [1.82, 2.24) is 14.9 Å². The molecular formula is C22H33N3O7S. The van der Waals surface area contributed by atoms with Crippen molar-refractivity contribution in [3.05, 3.63) is 35.9 Å². The lowest BCUT2D eigenvalue weighted by Crippen LogP contribution is -2.58. The zero-order valence-electron chi connectivity index (χ0n) is 19.6. The third-order valence-corrected chi connectivity index (χ3v) is 6.83. The van der Waals surface area contributed by atoms with Gasteiger partial charge in [0.2, 0.25) is 0 Å². The number of sulfone groups is 1. The second kappa shape index (κ2) is 12.0. The number of rotatable bonds is 11. The molecule has 0 spiro atoms. The predicted octanol–water partition coefficient (Wildman–Crippen LogP) is 1.81. The summed E-state index contributed by atoms with van der Waals surface area (Å²) in [5.41, 5.74) is 0.564. The fourth-order valence-corrected chi connectivity index (χ4v) is 5.03. The van der Waals surface area contributed by atoms with Crippen LogP contribution in [0, 0.1) is 0 Å². The number of carbonyl (C=O) groups is 3. The second-order valence-corrected chi connectivity index (χ2v) is 10.2. The van der Waals surface area contributed by atoms with E-state index in [1.807, 2.05) is 13.8 Å². The minimum absolute atomic E-state index is 0.0566. The van der Waals surface area contributed by atoms with Gasteiger partial charge in [-0.25, -0.2) is 22.8 Å². The van der Waals surface area contributed by atoms with Crippen LogP contribution in [0.4, 0.5) is 4.79 Å². The fourth-order valence-electron chi connectivity index (χ4n) is 3.55. The lowest BCUT2D eigenvalue weighted by Gasteiger charge is -2.38. The van der Waals surface area contributed by atoms with Gasteiger partial charge in [-0.05, 0) is 45.5 Å². The van der Waals surface area contributed by atoms with Gasteiger partial charge in [0.25, 0.3) is 0 Å². The van der Waals surface area contributed by atoms with Crippen LogP contribution in [-0.2, 0) is 34.8 Å². The van der Waals surface area contributed by atoms with Crippen molar-refractivity contribution < 1.29 is 32.4 Å². The quantitative estimate of drug-likeness (QED) is 0.346. The molecule has 0 radical (unpaired) electrons. The lowest BCUT2D eigenvalue weighted by molar-refractivity contribution is -0.205. The average Bonchev–Trinajstić information content (AvgIpc) is 2.74. The Balaban J connectivity index is 2.24. The molecule has 1 saturated heterocycles. The van der Waals surface area contributed by atoms with Crippen LogP contribution in [0.1, 0.15) is 39.7 Å². The highest BCUT2D eigenvalue weighted by molar-refractivity contribution is 7.90. The summed E-state index contributed by atoms with van der Waals surface area (Å²) in [6.45, 7) is 9.74. The Labute approximate surface area is 195 Å². The molecule has 1 aliphatic heterocycles. The number of urea groups is 1. The number of hydroxylamine groups is 2. The molecule has 1 aromatic carbocycles. The van der Waals surface area contributed by atoms with Crippen molar-refractivity contribution in [1.29, 1.82) is 0 Å². The molecule has 11 heteroatoms. The van der Waals surface area contributed by atoms with E-state index in [0.717, 1.165) is 23.1 Å². The third-order valence-electron chi connectivity index (χ3n) is 5.26. The van der Waals surface area contributed by atoms with E-state index in [1.54, 1.807) is 44.2 Å². The van der Waals surface area contributed by atoms with Gasteiger partial charge >= 0.3 is 18.0 Å². The summed E-state index contributed by atoms with van der Waals surface area (Å²) < 4.78 is 30.8. The normalized spacial score (nSPS) is 17.8. The van der Waals surface area contributed by atoms with E-state index in [0.29, 0.717) is 18.5 Å². The molecular weight excluding hydrogens is 450 g/mol. The summed E-state index contributed by atoms with van der Waals surface area (Å²) in [6.07, 6.45) is -0.963. The fraction of sp³-hybridized carbons (Fsp3) is 0.591. The highest BCUT2D eigenvalue weighted by Gasteiger charge is 2.41. The number of amides is 2. The van der Waals surface area contributed by atoms with Crippen LogP contribution in [0.15, 0.2) is 30.3 Å². The first-order chi connectivity index (χ1) is 15.6. The van der Waals surface area contributed by atoms with Crippen LogP contribution >= 0.6 is 0 Å². The predicted molar refractivity (Wildman–Crippen MR) is 121 cm³/mol. The van der Waals surface area contributed by atoms with Gasteiger partial charge in [-0.1, -0.05) is 44.2 Å². The number of ether oxygens (including phenoxy) is 1. The summed E-state index contributed by atoms with van der Waals surface area (Å²) in [7, 11) is -3.79. The van der Waals surface area contributed by atoms with Gasteiger partial charge < -0.3 is 14.5 Å². The number of benzene rings is 1. The summed E-state index contributed by atoms with van der Waals surface area (Å²) in [5, 5.41) is 0.822. The number of cyclic esters (lactones) is 1. The SMILES string of the molecule is CCN(CC)CCCN1OC(=O)C(=O)OC(CS(=O)(=O)Cc2ccccc2)N(C(C)C)C1=O. The zero-order valence-corrected chi connectivity index (χ0v) is 20.4. The van der Waals surface area contributed by atoms with E-state index < -0.39 is 45.8 Å². The second-order valence-electron chi connectivity index (χ2n) is 8.05. The Hall–Kier alpha value is -2.66. The maximum absolute atomic E-state index is 13.2. The average molecular weight is 484 g/mol. The van der Waals surface area contributed by atoms with Crippen molar-refractivity contribution in [2.45, 2.75) is 52.1 Å². The summed E-state index contributed by atoms with van der Waals surface area (Å²) >= 11 is 0. The number of carbonyl (C=O) groups excluding carboxylic acids is 3. The first-order valence-electron chi connectivity index (χ1n) is 11.1. The van der Waals surface area contributed by atoms with Gasteiger partial charge in [0.05, 0.1) is 12.3 Å². The maximum atomic E-state index is 13.2. The Kier molecular flexibility index (Phi) is 9.66. The number of hydrogen-bond acceptors (Lipinski definition) is 8. The molecule has 1 atom stereocenters. The standard InChI is InChI=1S/C22H33N3O7S/c1-5-23(6-2)13-10-14-24-22(28)25(17(3)4)19(31-20(26)21(27)32-24)16-33(29,30)15-18-11-8-7-9-12-18/h7-9,11-12,17,19H,5-6,10,13-16H2,1-4H3. The highest BCUT2D eigenvalue weighted by atomic mass is 32.2. The third kappa shape index (κ3) is 7.71. The largest absolute Gasteiger partial charge is 0.441 e. The summed E-state index contributed by atoms with van der Waals surface area (Å²) in [4.78, 5) is 45.9. The van der Waals surface area contributed by atoms with E-state index in [2.05, 4.69) is 4.90 Å². The molecule has 0 saturated carbocycles. The Morgan fingerprint density at radius 3 is 2.24 bits per heavy atom. The van der Waals surface area contributed by atoms with Gasteiger partial charge in [0.1, 0.15) is 5.75 Å². The van der Waals surface area contributed by atoms with Crippen molar-refractivity contribution in [3.8, 4) is 0 Å². The first kappa shape index (κ1) is 26.6. The molecule has 10 nitrogen and oxygen atoms in total. The molecule has 1 aromatic rings. The van der Waals surface area contributed by atoms with E-state index in [-0.39, 0.29) is 12.3 Å². The van der Waals surface area contributed by atoms with Crippen LogP contribution in [0.5, 0.6) is 0 Å². The van der Waals surface area contributed by atoms with Crippen LogP contribution in [0.2, 0.25) is 0 Å². The van der Waals surface area contributed by atoms with E-state index in [1.165, 1.54) is 0 Å². The van der Waals surface area contributed by atoms with E-state index in [9.17, 15) is 22.8 Å². The molecule has 1 heterocycles. The highest BCUT2D eigenvalue weighted by Crippen LogP contribution is 2.19. The molecule has 0 bridgehead atoms. The monoisotopic (exact) mass is 483 g/mol. The molecule has 33 heavy (non-hydrogen) atoms. The molecule has 0 aromatic heterocycles. The van der Waals surface area contributed by atoms with Crippen LogP contribution < -0.4 is 0 Å². The number of hydrogen-bond donors (Lipinski definition) is 0. The minimum Gasteiger partial charge on any atom is -0.432 e. The molecule has 0 N–H and O–H groups in total. The Morgan fingerprint density at radius 1 is 1.03 bits per heavy atom. The first-order valence-corrected chi connectivity index (χ1v) is 12.9. The van der Waals surface area contributed by atoms with Crippen LogP contribution in [-0.4, -0.2) is 85.5 Å². The van der Waals surface area contributed by atoms with Gasteiger partial charge in [-0.15, -0.1) is 0 Å². The number of nitrogens with zero attached hydrogens (tertiary/aromatic N) is 3. The molecule has 1 fully saturated rings. The molecule has 2 amide bonds. The molecule has 1 aliphatic rings. The Bertz CT molecular complexity index is 917. The zero-order chi connectivity index (χ0) is 24.6. The van der Waals surface area contributed by atoms with Crippen LogP contribution in [0.3, 0.4) is 0 Å². The van der Waals surface area contributed by atoms with Crippen molar-refractivity contribution >= 4 is 27.8 Å². The smallest absolute Gasteiger partial charge is 0.432 e. The molecule has 1 unspecified atom stereocenters.